The van der Waals surface area contributed by atoms with Gasteiger partial charge in [0, 0.05) is 6.20 Å². The molecule has 3 heterocycles. The van der Waals surface area contributed by atoms with Crippen LogP contribution in [0.4, 0.5) is 0 Å². The number of aromatic nitrogens is 1. The average molecular weight is 329 g/mol. The molecular formula is C13H13ClN2O4S. The zero-order chi connectivity index (χ0) is 15.4. The van der Waals surface area contributed by atoms with E-state index < -0.39 is 22.7 Å². The minimum atomic E-state index is -1.26. The third-order valence-corrected chi connectivity index (χ3v) is 5.91. The Kier molecular flexibility index (Phi) is 3.38. The summed E-state index contributed by atoms with van der Waals surface area (Å²) >= 11 is 6.92. The molecule has 112 valence electrons. The van der Waals surface area contributed by atoms with Crippen LogP contribution in [-0.4, -0.2) is 50.0 Å². The number of β-lactam (4-membered cyclic amide) rings is 1. The van der Waals surface area contributed by atoms with Gasteiger partial charge in [-0.15, -0.1) is 11.8 Å². The molecule has 0 saturated carbocycles. The first-order chi connectivity index (χ1) is 9.86. The number of hydrogen-bond acceptors (Lipinski definition) is 5. The van der Waals surface area contributed by atoms with Crippen molar-refractivity contribution in [3.05, 3.63) is 29.0 Å². The maximum Gasteiger partial charge on any atom is 0.326 e. The van der Waals surface area contributed by atoms with E-state index in [9.17, 15) is 19.8 Å². The molecule has 0 aliphatic carbocycles. The number of fused-ring (bicyclic) bond motifs is 1. The minimum Gasteiger partial charge on any atom is -0.480 e. The van der Waals surface area contributed by atoms with E-state index in [4.69, 9.17) is 11.6 Å². The Morgan fingerprint density at radius 3 is 2.86 bits per heavy atom. The number of halogens is 1. The third-order valence-electron chi connectivity index (χ3n) is 3.96. The van der Waals surface area contributed by atoms with Gasteiger partial charge in [-0.1, -0.05) is 17.7 Å². The first-order valence-electron chi connectivity index (χ1n) is 6.38. The van der Waals surface area contributed by atoms with E-state index in [1.807, 2.05) is 0 Å². The highest BCUT2D eigenvalue weighted by Crippen LogP contribution is 2.55. The Bertz CT molecular complexity index is 609. The Hall–Kier alpha value is -1.31. The summed E-state index contributed by atoms with van der Waals surface area (Å²) in [5.74, 6) is -1.77. The van der Waals surface area contributed by atoms with Crippen molar-refractivity contribution in [3.63, 3.8) is 0 Å². The summed E-state index contributed by atoms with van der Waals surface area (Å²) in [6.45, 7) is 1.62. The molecule has 1 unspecified atom stereocenters. The van der Waals surface area contributed by atoms with E-state index >= 15 is 0 Å². The number of nitrogens with zero attached hydrogens (tertiary/aromatic N) is 2. The number of hydrogen-bond donors (Lipinski definition) is 2. The van der Waals surface area contributed by atoms with E-state index in [0.29, 0.717) is 5.56 Å². The van der Waals surface area contributed by atoms with Gasteiger partial charge in [-0.3, -0.25) is 9.59 Å². The molecule has 6 nitrogen and oxygen atoms in total. The SMILES string of the molecule is C[C@@H](O)[C@H]1C(=O)N2CC(C(=O)O)(c3ccc(Cl)nc3)S[C@H]12. The fourth-order valence-corrected chi connectivity index (χ4v) is 4.69. The second-order valence-corrected chi connectivity index (χ2v) is 7.05. The van der Waals surface area contributed by atoms with Crippen molar-refractivity contribution in [1.82, 2.24) is 9.88 Å². The number of carbonyl (C=O) groups is 2. The predicted molar refractivity (Wildman–Crippen MR) is 76.8 cm³/mol. The molecule has 21 heavy (non-hydrogen) atoms. The summed E-state index contributed by atoms with van der Waals surface area (Å²) < 4.78 is -1.26. The summed E-state index contributed by atoms with van der Waals surface area (Å²) in [7, 11) is 0. The summed E-state index contributed by atoms with van der Waals surface area (Å²) in [6.07, 6.45) is 0.635. The molecule has 1 aromatic heterocycles. The van der Waals surface area contributed by atoms with Crippen LogP contribution in [0.15, 0.2) is 18.3 Å². The molecule has 3 rings (SSSR count). The van der Waals surface area contributed by atoms with Gasteiger partial charge < -0.3 is 15.1 Å². The topological polar surface area (TPSA) is 90.7 Å². The van der Waals surface area contributed by atoms with Gasteiger partial charge in [-0.05, 0) is 18.6 Å². The Morgan fingerprint density at radius 2 is 2.33 bits per heavy atom. The summed E-state index contributed by atoms with van der Waals surface area (Å²) in [6, 6.07) is 3.15. The minimum absolute atomic E-state index is 0.0725. The number of aliphatic carboxylic acids is 1. The third kappa shape index (κ3) is 2.03. The number of carboxylic acids is 1. The molecule has 1 aromatic rings. The Balaban J connectivity index is 1.97. The first-order valence-corrected chi connectivity index (χ1v) is 7.64. The lowest BCUT2D eigenvalue weighted by Gasteiger charge is -2.42. The normalized spacial score (nSPS) is 32.5. The average Bonchev–Trinajstić information content (AvgIpc) is 2.76. The van der Waals surface area contributed by atoms with Crippen molar-refractivity contribution in [2.45, 2.75) is 23.1 Å². The summed E-state index contributed by atoms with van der Waals surface area (Å²) in [5, 5.41) is 19.3. The van der Waals surface area contributed by atoms with Crippen LogP contribution in [0.3, 0.4) is 0 Å². The number of rotatable bonds is 3. The fraction of sp³-hybridized carbons (Fsp3) is 0.462. The number of carboxylic acid groups (broad SMARTS) is 1. The molecule has 1 amide bonds. The molecule has 2 fully saturated rings. The van der Waals surface area contributed by atoms with E-state index in [2.05, 4.69) is 4.98 Å². The Labute approximate surface area is 130 Å². The number of thioether (sulfide) groups is 1. The molecular weight excluding hydrogens is 316 g/mol. The molecule has 0 bridgehead atoms. The van der Waals surface area contributed by atoms with Gasteiger partial charge in [0.1, 0.15) is 5.15 Å². The van der Waals surface area contributed by atoms with Gasteiger partial charge in [0.25, 0.3) is 0 Å². The number of aliphatic hydroxyl groups excluding tert-OH is 1. The van der Waals surface area contributed by atoms with E-state index in [0.717, 1.165) is 0 Å². The predicted octanol–water partition coefficient (Wildman–Crippen LogP) is 0.927. The number of carbonyl (C=O) groups excluding carboxylic acids is 1. The summed E-state index contributed by atoms with van der Waals surface area (Å²) in [5.41, 5.74) is 0.496. The van der Waals surface area contributed by atoms with Gasteiger partial charge in [0.15, 0.2) is 4.75 Å². The highest BCUT2D eigenvalue weighted by Gasteiger charge is 2.63. The van der Waals surface area contributed by atoms with E-state index in [-0.39, 0.29) is 23.0 Å². The first kappa shape index (κ1) is 14.6. The zero-order valence-corrected chi connectivity index (χ0v) is 12.6. The van der Waals surface area contributed by atoms with E-state index in [1.165, 1.54) is 28.9 Å². The van der Waals surface area contributed by atoms with Crippen molar-refractivity contribution in [1.29, 1.82) is 0 Å². The fourth-order valence-electron chi connectivity index (χ4n) is 2.80. The van der Waals surface area contributed by atoms with Crippen molar-refractivity contribution < 1.29 is 19.8 Å². The molecule has 0 spiro atoms. The largest absolute Gasteiger partial charge is 0.480 e. The second kappa shape index (κ2) is 4.86. The smallest absolute Gasteiger partial charge is 0.326 e. The van der Waals surface area contributed by atoms with Gasteiger partial charge in [0.2, 0.25) is 5.91 Å². The van der Waals surface area contributed by atoms with Crippen molar-refractivity contribution >= 4 is 35.2 Å². The molecule has 2 saturated heterocycles. The molecule has 2 aliphatic heterocycles. The molecule has 8 heteroatoms. The van der Waals surface area contributed by atoms with Crippen LogP contribution in [-0.2, 0) is 14.3 Å². The van der Waals surface area contributed by atoms with Gasteiger partial charge in [0.05, 0.1) is 23.9 Å². The lowest BCUT2D eigenvalue weighted by atomic mass is 9.90. The van der Waals surface area contributed by atoms with Crippen molar-refractivity contribution in [2.75, 3.05) is 6.54 Å². The maximum absolute atomic E-state index is 12.0. The molecule has 0 radical (unpaired) electrons. The molecule has 0 aromatic carbocycles. The lowest BCUT2D eigenvalue weighted by Crippen LogP contribution is -2.60. The van der Waals surface area contributed by atoms with Crippen LogP contribution in [0, 0.1) is 5.92 Å². The van der Waals surface area contributed by atoms with Crippen LogP contribution in [0.2, 0.25) is 5.15 Å². The number of amides is 1. The van der Waals surface area contributed by atoms with Crippen LogP contribution in [0.25, 0.3) is 0 Å². The number of aliphatic hydroxyl groups is 1. The monoisotopic (exact) mass is 328 g/mol. The standard InChI is InChI=1S/C13H13ClN2O4S/c1-6(17)9-10(18)16-5-13(12(19)20,21-11(9)16)7-2-3-8(14)15-4-7/h2-4,6,9,11,17H,5H2,1H3,(H,19,20)/t6-,9+,11-,13?/m1/s1. The highest BCUT2D eigenvalue weighted by molar-refractivity contribution is 8.02. The number of pyridine rings is 1. The van der Waals surface area contributed by atoms with Crippen molar-refractivity contribution in [3.8, 4) is 0 Å². The van der Waals surface area contributed by atoms with Gasteiger partial charge in [-0.2, -0.15) is 0 Å². The van der Waals surface area contributed by atoms with Crippen LogP contribution in [0.1, 0.15) is 12.5 Å². The van der Waals surface area contributed by atoms with Gasteiger partial charge in [-0.25, -0.2) is 4.98 Å². The van der Waals surface area contributed by atoms with Crippen LogP contribution < -0.4 is 0 Å². The van der Waals surface area contributed by atoms with Crippen LogP contribution >= 0.6 is 23.4 Å². The summed E-state index contributed by atoms with van der Waals surface area (Å²) in [4.78, 5) is 29.3. The second-order valence-electron chi connectivity index (χ2n) is 5.24. The molecule has 4 atom stereocenters. The zero-order valence-electron chi connectivity index (χ0n) is 11.1. The molecule has 2 N–H and O–H groups in total. The van der Waals surface area contributed by atoms with Gasteiger partial charge >= 0.3 is 5.97 Å². The highest BCUT2D eigenvalue weighted by atomic mass is 35.5. The quantitative estimate of drug-likeness (QED) is 0.633. The lowest BCUT2D eigenvalue weighted by molar-refractivity contribution is -0.156. The van der Waals surface area contributed by atoms with Crippen LogP contribution in [0.5, 0.6) is 0 Å². The van der Waals surface area contributed by atoms with Crippen molar-refractivity contribution in [2.24, 2.45) is 5.92 Å². The van der Waals surface area contributed by atoms with E-state index in [1.54, 1.807) is 13.0 Å². The maximum atomic E-state index is 12.0. The Morgan fingerprint density at radius 1 is 1.62 bits per heavy atom. The molecule has 2 aliphatic rings.